The first kappa shape index (κ1) is 19.9. The van der Waals surface area contributed by atoms with Gasteiger partial charge in [0.2, 0.25) is 11.8 Å². The van der Waals surface area contributed by atoms with Gasteiger partial charge in [-0.3, -0.25) is 9.59 Å². The monoisotopic (exact) mass is 389 g/mol. The molecule has 0 aliphatic carbocycles. The Labute approximate surface area is 169 Å². The van der Waals surface area contributed by atoms with Crippen LogP contribution in [-0.2, 0) is 4.79 Å². The number of hydrogen-bond acceptors (Lipinski definition) is 4. The highest BCUT2D eigenvalue weighted by Gasteiger charge is 2.13. The molecule has 0 fully saturated rings. The topological polar surface area (TPSA) is 93.4 Å². The molecule has 29 heavy (non-hydrogen) atoms. The third-order valence-electron chi connectivity index (χ3n) is 4.32. The molecule has 0 aliphatic rings. The summed E-state index contributed by atoms with van der Waals surface area (Å²) in [6.07, 6.45) is 0. The normalized spacial score (nSPS) is 11.4. The molecule has 148 valence electrons. The fourth-order valence-electron chi connectivity index (χ4n) is 2.65. The second-order valence-corrected chi connectivity index (χ2v) is 6.74. The number of rotatable bonds is 7. The molecule has 3 rings (SSSR count). The minimum Gasteiger partial charge on any atom is -0.457 e. The first-order valence-electron chi connectivity index (χ1n) is 9.22. The third kappa shape index (κ3) is 5.59. The largest absolute Gasteiger partial charge is 0.457 e. The third-order valence-corrected chi connectivity index (χ3v) is 4.32. The first-order valence-corrected chi connectivity index (χ1v) is 9.22. The molecular weight excluding hydrogens is 366 g/mol. The molecule has 6 heteroatoms. The maximum Gasteiger partial charge on any atom is 0.248 e. The molecule has 1 atom stereocenters. The molecule has 0 radical (unpaired) electrons. The Morgan fingerprint density at radius 3 is 1.90 bits per heavy atom. The molecule has 0 heterocycles. The molecule has 4 N–H and O–H groups in total. The van der Waals surface area contributed by atoms with Crippen molar-refractivity contribution in [2.75, 3.05) is 10.6 Å². The summed E-state index contributed by atoms with van der Waals surface area (Å²) in [4.78, 5) is 23.5. The van der Waals surface area contributed by atoms with E-state index in [1.165, 1.54) is 5.56 Å². The van der Waals surface area contributed by atoms with E-state index in [1.807, 2.05) is 55.5 Å². The summed E-state index contributed by atoms with van der Waals surface area (Å²) in [5.74, 6) is 0.780. The van der Waals surface area contributed by atoms with Gasteiger partial charge in [0.15, 0.2) is 0 Å². The van der Waals surface area contributed by atoms with Crippen molar-refractivity contribution in [1.82, 2.24) is 0 Å². The van der Waals surface area contributed by atoms with Crippen molar-refractivity contribution < 1.29 is 14.3 Å². The standard InChI is InChI=1S/C23H23N3O3/c1-15-3-11-20(12-4-15)29-21-13-9-18(10-14-21)25-16(2)23(28)26-19-7-5-17(6-8-19)22(24)27/h3-14,16,25H,1-2H3,(H2,24,27)(H,26,28)/t16-/m0/s1. The Balaban J connectivity index is 1.55. The smallest absolute Gasteiger partial charge is 0.248 e. The average molecular weight is 389 g/mol. The van der Waals surface area contributed by atoms with Gasteiger partial charge in [0.05, 0.1) is 0 Å². The molecule has 0 unspecified atom stereocenters. The van der Waals surface area contributed by atoms with Crippen LogP contribution < -0.4 is 21.1 Å². The van der Waals surface area contributed by atoms with E-state index in [4.69, 9.17) is 10.5 Å². The number of carbonyl (C=O) groups excluding carboxylic acids is 2. The maximum absolute atomic E-state index is 12.4. The van der Waals surface area contributed by atoms with Gasteiger partial charge < -0.3 is 21.1 Å². The van der Waals surface area contributed by atoms with Crippen LogP contribution in [0.3, 0.4) is 0 Å². The van der Waals surface area contributed by atoms with E-state index in [2.05, 4.69) is 10.6 Å². The summed E-state index contributed by atoms with van der Waals surface area (Å²) in [5, 5.41) is 5.95. The van der Waals surface area contributed by atoms with Gasteiger partial charge in [-0.25, -0.2) is 0 Å². The van der Waals surface area contributed by atoms with Crippen molar-refractivity contribution in [3.05, 3.63) is 83.9 Å². The van der Waals surface area contributed by atoms with Crippen LogP contribution in [0.25, 0.3) is 0 Å². The number of ether oxygens (including phenoxy) is 1. The predicted molar refractivity (Wildman–Crippen MR) is 114 cm³/mol. The van der Waals surface area contributed by atoms with Crippen LogP contribution in [0.1, 0.15) is 22.8 Å². The zero-order valence-corrected chi connectivity index (χ0v) is 16.3. The number of benzene rings is 3. The lowest BCUT2D eigenvalue weighted by Crippen LogP contribution is -2.31. The van der Waals surface area contributed by atoms with E-state index < -0.39 is 11.9 Å². The van der Waals surface area contributed by atoms with E-state index in [1.54, 1.807) is 31.2 Å². The zero-order valence-electron chi connectivity index (χ0n) is 16.3. The molecule has 3 aromatic rings. The van der Waals surface area contributed by atoms with Crippen LogP contribution >= 0.6 is 0 Å². The average Bonchev–Trinajstić information content (AvgIpc) is 2.71. The number of anilines is 2. The van der Waals surface area contributed by atoms with E-state index in [-0.39, 0.29) is 5.91 Å². The minimum absolute atomic E-state index is 0.197. The second-order valence-electron chi connectivity index (χ2n) is 6.74. The number of aryl methyl sites for hydroxylation is 1. The number of amides is 2. The lowest BCUT2D eigenvalue weighted by Gasteiger charge is -2.16. The van der Waals surface area contributed by atoms with E-state index >= 15 is 0 Å². The number of carbonyl (C=O) groups is 2. The summed E-state index contributed by atoms with van der Waals surface area (Å²) < 4.78 is 5.81. The number of nitrogens with two attached hydrogens (primary N) is 1. The van der Waals surface area contributed by atoms with Crippen LogP contribution in [0.2, 0.25) is 0 Å². The van der Waals surface area contributed by atoms with Gasteiger partial charge in [-0.05, 0) is 74.5 Å². The summed E-state index contributed by atoms with van der Waals surface area (Å²) >= 11 is 0. The molecule has 0 bridgehead atoms. The highest BCUT2D eigenvalue weighted by Crippen LogP contribution is 2.23. The molecule has 0 saturated heterocycles. The molecule has 6 nitrogen and oxygen atoms in total. The Bertz CT molecular complexity index is 981. The Hall–Kier alpha value is -3.80. The predicted octanol–water partition coefficient (Wildman–Crippen LogP) is 4.33. The van der Waals surface area contributed by atoms with Crippen molar-refractivity contribution in [2.45, 2.75) is 19.9 Å². The summed E-state index contributed by atoms with van der Waals surface area (Å²) in [6.45, 7) is 3.79. The van der Waals surface area contributed by atoms with Crippen LogP contribution in [0.4, 0.5) is 11.4 Å². The SMILES string of the molecule is Cc1ccc(Oc2ccc(N[C@@H](C)C(=O)Nc3ccc(C(N)=O)cc3)cc2)cc1. The van der Waals surface area contributed by atoms with Crippen molar-refractivity contribution in [3.8, 4) is 11.5 Å². The molecule has 0 spiro atoms. The van der Waals surface area contributed by atoms with Gasteiger partial charge in [0, 0.05) is 16.9 Å². The fraction of sp³-hybridized carbons (Fsp3) is 0.130. The number of nitrogens with one attached hydrogen (secondary N) is 2. The fourth-order valence-corrected chi connectivity index (χ4v) is 2.65. The number of hydrogen-bond donors (Lipinski definition) is 3. The summed E-state index contributed by atoms with van der Waals surface area (Å²) in [5.41, 5.74) is 8.17. The van der Waals surface area contributed by atoms with Crippen molar-refractivity contribution >= 4 is 23.2 Å². The van der Waals surface area contributed by atoms with Gasteiger partial charge >= 0.3 is 0 Å². The van der Waals surface area contributed by atoms with Crippen LogP contribution in [-0.4, -0.2) is 17.9 Å². The summed E-state index contributed by atoms with van der Waals surface area (Å²) in [6, 6.07) is 21.2. The summed E-state index contributed by atoms with van der Waals surface area (Å²) in [7, 11) is 0. The minimum atomic E-state index is -0.507. The molecule has 3 aromatic carbocycles. The Morgan fingerprint density at radius 1 is 0.828 bits per heavy atom. The van der Waals surface area contributed by atoms with Crippen LogP contribution in [0.5, 0.6) is 11.5 Å². The van der Waals surface area contributed by atoms with Crippen LogP contribution in [0, 0.1) is 6.92 Å². The maximum atomic E-state index is 12.4. The van der Waals surface area contributed by atoms with Crippen molar-refractivity contribution in [2.24, 2.45) is 5.73 Å². The lowest BCUT2D eigenvalue weighted by atomic mass is 10.2. The first-order chi connectivity index (χ1) is 13.9. The number of primary amides is 1. The lowest BCUT2D eigenvalue weighted by molar-refractivity contribution is -0.116. The van der Waals surface area contributed by atoms with Gasteiger partial charge in [-0.1, -0.05) is 17.7 Å². The highest BCUT2D eigenvalue weighted by atomic mass is 16.5. The molecule has 2 amide bonds. The quantitative estimate of drug-likeness (QED) is 0.561. The van der Waals surface area contributed by atoms with Crippen molar-refractivity contribution in [3.63, 3.8) is 0 Å². The Morgan fingerprint density at radius 2 is 1.34 bits per heavy atom. The second kappa shape index (κ2) is 8.93. The van der Waals surface area contributed by atoms with E-state index in [0.717, 1.165) is 11.4 Å². The zero-order chi connectivity index (χ0) is 20.8. The molecular formula is C23H23N3O3. The highest BCUT2D eigenvalue weighted by molar-refractivity contribution is 5.97. The van der Waals surface area contributed by atoms with Gasteiger partial charge in [0.1, 0.15) is 17.5 Å². The van der Waals surface area contributed by atoms with Gasteiger partial charge in [-0.2, -0.15) is 0 Å². The molecule has 0 aliphatic heterocycles. The van der Waals surface area contributed by atoms with Crippen molar-refractivity contribution in [1.29, 1.82) is 0 Å². The van der Waals surface area contributed by atoms with Crippen LogP contribution in [0.15, 0.2) is 72.8 Å². The van der Waals surface area contributed by atoms with Gasteiger partial charge in [-0.15, -0.1) is 0 Å². The molecule has 0 saturated carbocycles. The van der Waals surface area contributed by atoms with E-state index in [9.17, 15) is 9.59 Å². The van der Waals surface area contributed by atoms with Gasteiger partial charge in [0.25, 0.3) is 0 Å². The van der Waals surface area contributed by atoms with E-state index in [0.29, 0.717) is 17.0 Å². The Kier molecular flexibility index (Phi) is 6.14. The molecule has 0 aromatic heterocycles.